The van der Waals surface area contributed by atoms with E-state index >= 15 is 0 Å². The predicted molar refractivity (Wildman–Crippen MR) is 109 cm³/mol. The molecule has 3 aromatic heterocycles. The highest BCUT2D eigenvalue weighted by Crippen LogP contribution is 2.17. The van der Waals surface area contributed by atoms with Gasteiger partial charge in [-0.05, 0) is 62.4 Å². The average molecular weight is 387 g/mol. The van der Waals surface area contributed by atoms with Crippen molar-refractivity contribution in [2.24, 2.45) is 0 Å². The molecule has 4 aromatic rings. The zero-order valence-electron chi connectivity index (χ0n) is 16.3. The smallest absolute Gasteiger partial charge is 0.258 e. The van der Waals surface area contributed by atoms with Crippen LogP contribution >= 0.6 is 0 Å². The van der Waals surface area contributed by atoms with Crippen LogP contribution in [0.25, 0.3) is 17.1 Å². The van der Waals surface area contributed by atoms with Crippen molar-refractivity contribution < 1.29 is 9.32 Å². The van der Waals surface area contributed by atoms with Crippen molar-refractivity contribution in [3.63, 3.8) is 0 Å². The Morgan fingerprint density at radius 1 is 1.00 bits per heavy atom. The molecule has 0 aliphatic heterocycles. The quantitative estimate of drug-likeness (QED) is 0.547. The van der Waals surface area contributed by atoms with Gasteiger partial charge in [0.05, 0.1) is 0 Å². The Labute approximate surface area is 168 Å². The molecule has 146 valence electrons. The highest BCUT2D eigenvalue weighted by atomic mass is 16.5. The minimum absolute atomic E-state index is 0.129. The molecule has 0 fully saturated rings. The van der Waals surface area contributed by atoms with E-state index in [0.717, 1.165) is 22.6 Å². The highest BCUT2D eigenvalue weighted by Gasteiger charge is 2.10. The van der Waals surface area contributed by atoms with Crippen molar-refractivity contribution >= 4 is 5.91 Å². The lowest BCUT2D eigenvalue weighted by Gasteiger charge is -2.10. The van der Waals surface area contributed by atoms with Gasteiger partial charge in [-0.2, -0.15) is 4.98 Å². The van der Waals surface area contributed by atoms with Gasteiger partial charge in [-0.1, -0.05) is 5.16 Å². The number of nitrogens with zero attached hydrogens (tertiary/aromatic N) is 4. The van der Waals surface area contributed by atoms with Crippen molar-refractivity contribution in [1.29, 1.82) is 0 Å². The van der Waals surface area contributed by atoms with Crippen molar-refractivity contribution in [3.05, 3.63) is 83.7 Å². The Kier molecular flexibility index (Phi) is 5.20. The molecule has 1 amide bonds. The van der Waals surface area contributed by atoms with Gasteiger partial charge in [-0.3, -0.25) is 9.78 Å². The van der Waals surface area contributed by atoms with Crippen LogP contribution in [0.15, 0.2) is 65.4 Å². The lowest BCUT2D eigenvalue weighted by molar-refractivity contribution is 0.0954. The number of aryl methyl sites for hydroxylation is 2. The van der Waals surface area contributed by atoms with Gasteiger partial charge >= 0.3 is 0 Å². The zero-order valence-corrected chi connectivity index (χ0v) is 16.3. The number of pyridine rings is 1. The summed E-state index contributed by atoms with van der Waals surface area (Å²) in [5.74, 6) is 0.862. The second kappa shape index (κ2) is 8.10. The average Bonchev–Trinajstić information content (AvgIpc) is 3.35. The fraction of sp³-hybridized carbons (Fsp3) is 0.182. The Hall–Kier alpha value is -3.74. The monoisotopic (exact) mass is 387 g/mol. The first kappa shape index (κ1) is 18.6. The zero-order chi connectivity index (χ0) is 20.2. The maximum atomic E-state index is 12.4. The molecule has 0 aliphatic rings. The molecule has 3 heterocycles. The van der Waals surface area contributed by atoms with Gasteiger partial charge < -0.3 is 14.4 Å². The van der Waals surface area contributed by atoms with E-state index in [4.69, 9.17) is 4.52 Å². The summed E-state index contributed by atoms with van der Waals surface area (Å²) >= 11 is 0. The van der Waals surface area contributed by atoms with Gasteiger partial charge in [-0.25, -0.2) is 0 Å². The summed E-state index contributed by atoms with van der Waals surface area (Å²) in [6.07, 6.45) is 3.83. The van der Waals surface area contributed by atoms with E-state index in [1.807, 2.05) is 24.3 Å². The predicted octanol–water partition coefficient (Wildman–Crippen LogP) is 3.51. The van der Waals surface area contributed by atoms with Crippen LogP contribution in [0, 0.1) is 13.8 Å². The Balaban J connectivity index is 1.34. The largest absolute Gasteiger partial charge is 0.352 e. The van der Waals surface area contributed by atoms with E-state index in [1.165, 1.54) is 0 Å². The summed E-state index contributed by atoms with van der Waals surface area (Å²) in [5.41, 5.74) is 4.78. The maximum Gasteiger partial charge on any atom is 0.258 e. The molecule has 7 nitrogen and oxygen atoms in total. The third-order valence-corrected chi connectivity index (χ3v) is 4.69. The Morgan fingerprint density at radius 2 is 1.69 bits per heavy atom. The van der Waals surface area contributed by atoms with Crippen molar-refractivity contribution in [2.45, 2.75) is 20.3 Å². The standard InChI is InChI=1S/C22H21N5O2/c1-15-3-4-16(2)27(15)19-7-5-17(6-8-19)21(28)24-14-11-20-25-22(29-26-20)18-9-12-23-13-10-18/h3-10,12-13H,11,14H2,1-2H3,(H,24,28). The number of carbonyl (C=O) groups excluding carboxylic acids is 1. The van der Waals surface area contributed by atoms with Crippen LogP contribution in [0.4, 0.5) is 0 Å². The normalized spacial score (nSPS) is 10.8. The van der Waals surface area contributed by atoms with Crippen molar-refractivity contribution in [1.82, 2.24) is 25.0 Å². The molecule has 0 spiro atoms. The van der Waals surface area contributed by atoms with E-state index in [2.05, 4.69) is 51.0 Å². The summed E-state index contributed by atoms with van der Waals surface area (Å²) in [7, 11) is 0. The minimum Gasteiger partial charge on any atom is -0.352 e. The van der Waals surface area contributed by atoms with Crippen LogP contribution in [-0.4, -0.2) is 32.1 Å². The Bertz CT molecular complexity index is 1090. The Morgan fingerprint density at radius 3 is 2.38 bits per heavy atom. The van der Waals surface area contributed by atoms with Crippen LogP contribution in [0.3, 0.4) is 0 Å². The summed E-state index contributed by atoms with van der Waals surface area (Å²) in [5, 5.41) is 6.85. The lowest BCUT2D eigenvalue weighted by Crippen LogP contribution is -2.25. The number of hydrogen-bond donors (Lipinski definition) is 1. The lowest BCUT2D eigenvalue weighted by atomic mass is 10.2. The minimum atomic E-state index is -0.129. The fourth-order valence-electron chi connectivity index (χ4n) is 3.19. The number of rotatable bonds is 6. The third-order valence-electron chi connectivity index (χ3n) is 4.69. The van der Waals surface area contributed by atoms with Gasteiger partial charge in [0.1, 0.15) is 0 Å². The molecule has 0 unspecified atom stereocenters. The molecule has 0 saturated heterocycles. The van der Waals surface area contributed by atoms with Crippen LogP contribution in [0.2, 0.25) is 0 Å². The first-order valence-corrected chi connectivity index (χ1v) is 9.38. The van der Waals surface area contributed by atoms with E-state index in [9.17, 15) is 4.79 Å². The molecular weight excluding hydrogens is 366 g/mol. The van der Waals surface area contributed by atoms with Crippen molar-refractivity contribution in [3.8, 4) is 17.1 Å². The van der Waals surface area contributed by atoms with Crippen LogP contribution < -0.4 is 5.32 Å². The summed E-state index contributed by atoms with van der Waals surface area (Å²) in [6, 6.07) is 15.3. The van der Waals surface area contributed by atoms with E-state index in [0.29, 0.717) is 30.2 Å². The molecule has 7 heteroatoms. The second-order valence-electron chi connectivity index (χ2n) is 6.76. The highest BCUT2D eigenvalue weighted by molar-refractivity contribution is 5.94. The van der Waals surface area contributed by atoms with Gasteiger partial charge in [0.2, 0.25) is 0 Å². The van der Waals surface area contributed by atoms with E-state index in [1.54, 1.807) is 24.5 Å². The number of amides is 1. The SMILES string of the molecule is Cc1ccc(C)n1-c1ccc(C(=O)NCCc2noc(-c3ccncc3)n2)cc1. The number of nitrogens with one attached hydrogen (secondary N) is 1. The van der Waals surface area contributed by atoms with Crippen LogP contribution in [0.1, 0.15) is 27.6 Å². The molecule has 4 rings (SSSR count). The third kappa shape index (κ3) is 4.08. The molecular formula is C22H21N5O2. The number of benzene rings is 1. The van der Waals surface area contributed by atoms with Gasteiger partial charge in [0, 0.05) is 53.6 Å². The summed E-state index contributed by atoms with van der Waals surface area (Å²) in [6.45, 7) is 4.54. The summed E-state index contributed by atoms with van der Waals surface area (Å²) in [4.78, 5) is 20.7. The van der Waals surface area contributed by atoms with Crippen LogP contribution in [-0.2, 0) is 6.42 Å². The second-order valence-corrected chi connectivity index (χ2v) is 6.76. The molecule has 0 aliphatic carbocycles. The molecule has 0 bridgehead atoms. The topological polar surface area (TPSA) is 85.8 Å². The van der Waals surface area contributed by atoms with Crippen LogP contribution in [0.5, 0.6) is 0 Å². The molecule has 1 N–H and O–H groups in total. The molecule has 29 heavy (non-hydrogen) atoms. The van der Waals surface area contributed by atoms with Gasteiger partial charge in [0.25, 0.3) is 11.8 Å². The number of aromatic nitrogens is 4. The van der Waals surface area contributed by atoms with Crippen molar-refractivity contribution in [2.75, 3.05) is 6.54 Å². The number of carbonyl (C=O) groups is 1. The molecule has 0 radical (unpaired) electrons. The summed E-state index contributed by atoms with van der Waals surface area (Å²) < 4.78 is 7.41. The molecule has 0 saturated carbocycles. The first-order valence-electron chi connectivity index (χ1n) is 9.38. The molecule has 1 aromatic carbocycles. The fourth-order valence-corrected chi connectivity index (χ4v) is 3.19. The number of hydrogen-bond acceptors (Lipinski definition) is 5. The van der Waals surface area contributed by atoms with Gasteiger partial charge in [0.15, 0.2) is 5.82 Å². The maximum absolute atomic E-state index is 12.4. The molecule has 0 atom stereocenters. The van der Waals surface area contributed by atoms with Gasteiger partial charge in [-0.15, -0.1) is 0 Å². The van der Waals surface area contributed by atoms with E-state index in [-0.39, 0.29) is 5.91 Å². The van der Waals surface area contributed by atoms with E-state index < -0.39 is 0 Å². The first-order chi connectivity index (χ1) is 14.1.